The second kappa shape index (κ2) is 6.00. The number of amides is 1. The van der Waals surface area contributed by atoms with Gasteiger partial charge in [0, 0.05) is 18.1 Å². The van der Waals surface area contributed by atoms with Crippen LogP contribution < -0.4 is 9.62 Å². The quantitative estimate of drug-likeness (QED) is 0.930. The number of nitrogens with one attached hydrogen (secondary N) is 1. The summed E-state index contributed by atoms with van der Waals surface area (Å²) in [5.41, 5.74) is 2.11. The van der Waals surface area contributed by atoms with Crippen LogP contribution >= 0.6 is 0 Å². The molecule has 23 heavy (non-hydrogen) atoms. The number of nitrogens with zero attached hydrogens (tertiary/aromatic N) is 2. The van der Waals surface area contributed by atoms with Gasteiger partial charge in [0.15, 0.2) is 0 Å². The Kier molecular flexibility index (Phi) is 4.04. The highest BCUT2D eigenvalue weighted by Gasteiger charge is 2.36. The molecule has 7 heteroatoms. The number of carbonyl (C=O) groups is 1. The van der Waals surface area contributed by atoms with Crippen molar-refractivity contribution >= 4 is 27.3 Å². The van der Waals surface area contributed by atoms with E-state index in [4.69, 9.17) is 0 Å². The topological polar surface area (TPSA) is 79.4 Å². The average Bonchev–Trinajstić information content (AvgIpc) is 2.53. The molecule has 0 bridgehead atoms. The minimum Gasteiger partial charge on any atom is -0.324 e. The zero-order valence-electron chi connectivity index (χ0n) is 12.6. The number of carbonyl (C=O) groups excluding carboxylic acids is 1. The summed E-state index contributed by atoms with van der Waals surface area (Å²) in [7, 11) is -3.57. The third-order valence-electron chi connectivity index (χ3n) is 3.81. The molecule has 1 N–H and O–H groups in total. The molecule has 1 aromatic carbocycles. The number of para-hydroxylation sites is 1. The van der Waals surface area contributed by atoms with Gasteiger partial charge in [-0.3, -0.25) is 14.1 Å². The van der Waals surface area contributed by atoms with Gasteiger partial charge < -0.3 is 5.32 Å². The molecule has 0 aliphatic carbocycles. The Bertz CT molecular complexity index is 821. The van der Waals surface area contributed by atoms with E-state index in [1.165, 1.54) is 4.31 Å². The molecule has 6 nitrogen and oxygen atoms in total. The van der Waals surface area contributed by atoms with Crippen molar-refractivity contribution in [3.8, 4) is 0 Å². The predicted octanol–water partition coefficient (Wildman–Crippen LogP) is 1.80. The SMILES string of the molecule is CS(=O)(=O)N1c2ccccc2CCC1C(=O)Nc1ccncc1. The van der Waals surface area contributed by atoms with Crippen molar-refractivity contribution in [2.45, 2.75) is 18.9 Å². The third kappa shape index (κ3) is 3.19. The Labute approximate surface area is 135 Å². The van der Waals surface area contributed by atoms with E-state index < -0.39 is 16.1 Å². The Morgan fingerprint density at radius 1 is 1.22 bits per heavy atom. The zero-order chi connectivity index (χ0) is 16.4. The second-order valence-electron chi connectivity index (χ2n) is 5.47. The van der Waals surface area contributed by atoms with E-state index >= 15 is 0 Å². The van der Waals surface area contributed by atoms with E-state index in [2.05, 4.69) is 10.3 Å². The number of hydrogen-bond acceptors (Lipinski definition) is 4. The Morgan fingerprint density at radius 2 is 1.91 bits per heavy atom. The molecule has 1 aliphatic rings. The Balaban J connectivity index is 1.94. The van der Waals surface area contributed by atoms with Crippen molar-refractivity contribution in [1.82, 2.24) is 4.98 Å². The number of hydrogen-bond donors (Lipinski definition) is 1. The van der Waals surface area contributed by atoms with Crippen LogP contribution in [0.1, 0.15) is 12.0 Å². The van der Waals surface area contributed by atoms with Gasteiger partial charge in [0.1, 0.15) is 6.04 Å². The van der Waals surface area contributed by atoms with E-state index in [1.807, 2.05) is 12.1 Å². The number of sulfonamides is 1. The molecular weight excluding hydrogens is 314 g/mol. The minimum absolute atomic E-state index is 0.337. The first kappa shape index (κ1) is 15.5. The highest BCUT2D eigenvalue weighted by atomic mass is 32.2. The first-order valence-electron chi connectivity index (χ1n) is 7.25. The molecule has 0 radical (unpaired) electrons. The van der Waals surface area contributed by atoms with Crippen LogP contribution in [-0.2, 0) is 21.2 Å². The van der Waals surface area contributed by atoms with Gasteiger partial charge in [-0.1, -0.05) is 18.2 Å². The average molecular weight is 331 g/mol. The molecule has 1 unspecified atom stereocenters. The van der Waals surface area contributed by atoms with Crippen molar-refractivity contribution in [3.63, 3.8) is 0 Å². The fourth-order valence-electron chi connectivity index (χ4n) is 2.82. The van der Waals surface area contributed by atoms with Crippen LogP contribution in [0, 0.1) is 0 Å². The van der Waals surface area contributed by atoms with Gasteiger partial charge in [0.25, 0.3) is 0 Å². The largest absolute Gasteiger partial charge is 0.324 e. The molecule has 1 aliphatic heterocycles. The Hall–Kier alpha value is -2.41. The monoisotopic (exact) mass is 331 g/mol. The zero-order valence-corrected chi connectivity index (χ0v) is 13.5. The first-order valence-corrected chi connectivity index (χ1v) is 9.10. The number of aryl methyl sites for hydroxylation is 1. The molecule has 1 aromatic heterocycles. The molecule has 0 fully saturated rings. The molecule has 1 atom stereocenters. The number of fused-ring (bicyclic) bond motifs is 1. The molecule has 0 saturated heterocycles. The fraction of sp³-hybridized carbons (Fsp3) is 0.250. The van der Waals surface area contributed by atoms with E-state index in [9.17, 15) is 13.2 Å². The van der Waals surface area contributed by atoms with Gasteiger partial charge >= 0.3 is 0 Å². The summed E-state index contributed by atoms with van der Waals surface area (Å²) in [5, 5.41) is 2.76. The number of rotatable bonds is 3. The summed E-state index contributed by atoms with van der Waals surface area (Å²) >= 11 is 0. The maximum Gasteiger partial charge on any atom is 0.248 e. The van der Waals surface area contributed by atoms with E-state index in [0.29, 0.717) is 24.2 Å². The number of aromatic nitrogens is 1. The van der Waals surface area contributed by atoms with Crippen LogP contribution in [0.5, 0.6) is 0 Å². The summed E-state index contributed by atoms with van der Waals surface area (Å²) in [6.45, 7) is 0. The molecular formula is C16H17N3O3S. The van der Waals surface area contributed by atoms with Gasteiger partial charge in [-0.15, -0.1) is 0 Å². The second-order valence-corrected chi connectivity index (χ2v) is 7.33. The van der Waals surface area contributed by atoms with E-state index in [-0.39, 0.29) is 5.91 Å². The molecule has 120 valence electrons. The fourth-order valence-corrected chi connectivity index (χ4v) is 4.02. The molecule has 3 rings (SSSR count). The summed E-state index contributed by atoms with van der Waals surface area (Å²) < 4.78 is 25.7. The van der Waals surface area contributed by atoms with Crippen LogP contribution in [0.2, 0.25) is 0 Å². The van der Waals surface area contributed by atoms with Crippen LogP contribution in [0.25, 0.3) is 0 Å². The summed E-state index contributed by atoms with van der Waals surface area (Å²) in [5.74, 6) is -0.337. The van der Waals surface area contributed by atoms with Crippen molar-refractivity contribution in [1.29, 1.82) is 0 Å². The highest BCUT2D eigenvalue weighted by molar-refractivity contribution is 7.92. The van der Waals surface area contributed by atoms with Gasteiger partial charge in [-0.2, -0.15) is 0 Å². The lowest BCUT2D eigenvalue weighted by molar-refractivity contribution is -0.117. The summed E-state index contributed by atoms with van der Waals surface area (Å²) in [4.78, 5) is 16.5. The lowest BCUT2D eigenvalue weighted by Crippen LogP contribution is -2.49. The van der Waals surface area contributed by atoms with Gasteiger partial charge in [-0.05, 0) is 36.6 Å². The predicted molar refractivity (Wildman–Crippen MR) is 88.7 cm³/mol. The molecule has 0 saturated carbocycles. The van der Waals surface area contributed by atoms with Crippen LogP contribution in [0.3, 0.4) is 0 Å². The lowest BCUT2D eigenvalue weighted by Gasteiger charge is -2.35. The molecule has 2 heterocycles. The van der Waals surface area contributed by atoms with Gasteiger partial charge in [-0.25, -0.2) is 8.42 Å². The molecule has 0 spiro atoms. The van der Waals surface area contributed by atoms with Crippen molar-refractivity contribution < 1.29 is 13.2 Å². The van der Waals surface area contributed by atoms with Crippen LogP contribution in [0.15, 0.2) is 48.8 Å². The first-order chi connectivity index (χ1) is 11.0. The van der Waals surface area contributed by atoms with Crippen molar-refractivity contribution in [3.05, 3.63) is 54.4 Å². The van der Waals surface area contributed by atoms with E-state index in [0.717, 1.165) is 11.8 Å². The van der Waals surface area contributed by atoms with Crippen LogP contribution in [-0.4, -0.2) is 31.6 Å². The smallest absolute Gasteiger partial charge is 0.248 e. The standard InChI is InChI=1S/C16H17N3O3S/c1-23(21,22)19-14-5-3-2-4-12(14)6-7-15(19)16(20)18-13-8-10-17-11-9-13/h2-5,8-11,15H,6-7H2,1H3,(H,17,18,20). The third-order valence-corrected chi connectivity index (χ3v) is 4.97. The molecule has 1 amide bonds. The maximum atomic E-state index is 12.6. The number of pyridine rings is 1. The Morgan fingerprint density at radius 3 is 2.61 bits per heavy atom. The highest BCUT2D eigenvalue weighted by Crippen LogP contribution is 2.33. The summed E-state index contributed by atoms with van der Waals surface area (Å²) in [6.07, 6.45) is 5.37. The lowest BCUT2D eigenvalue weighted by atomic mass is 9.97. The number of benzene rings is 1. The van der Waals surface area contributed by atoms with Crippen LogP contribution in [0.4, 0.5) is 11.4 Å². The minimum atomic E-state index is -3.57. The number of anilines is 2. The van der Waals surface area contributed by atoms with Crippen molar-refractivity contribution in [2.24, 2.45) is 0 Å². The van der Waals surface area contributed by atoms with Gasteiger partial charge in [0.2, 0.25) is 15.9 Å². The normalized spacial score (nSPS) is 17.4. The van der Waals surface area contributed by atoms with Gasteiger partial charge in [0.05, 0.1) is 11.9 Å². The molecule has 2 aromatic rings. The van der Waals surface area contributed by atoms with Crippen molar-refractivity contribution in [2.75, 3.05) is 15.9 Å². The summed E-state index contributed by atoms with van der Waals surface area (Å²) in [6, 6.07) is 9.86. The van der Waals surface area contributed by atoms with E-state index in [1.54, 1.807) is 36.7 Å². The maximum absolute atomic E-state index is 12.6.